The van der Waals surface area contributed by atoms with Crippen molar-refractivity contribution >= 4 is 5.91 Å². The van der Waals surface area contributed by atoms with Crippen LogP contribution in [0.25, 0.3) is 0 Å². The van der Waals surface area contributed by atoms with Crippen LogP contribution in [0.3, 0.4) is 0 Å². The lowest BCUT2D eigenvalue weighted by Crippen LogP contribution is -2.36. The van der Waals surface area contributed by atoms with E-state index in [9.17, 15) is 14.4 Å². The third-order valence-corrected chi connectivity index (χ3v) is 4.82. The zero-order valence-corrected chi connectivity index (χ0v) is 11.3. The quantitative estimate of drug-likeness (QED) is 0.755. The van der Waals surface area contributed by atoms with Gasteiger partial charge in [-0.3, -0.25) is 14.6 Å². The van der Waals surface area contributed by atoms with Crippen LogP contribution in [0.2, 0.25) is 0 Å². The van der Waals surface area contributed by atoms with Crippen molar-refractivity contribution in [2.45, 2.75) is 32.1 Å². The number of nitrogens with one attached hydrogen (secondary N) is 3. The second-order valence-corrected chi connectivity index (χ2v) is 5.89. The molecule has 108 valence electrons. The van der Waals surface area contributed by atoms with Crippen LogP contribution in [0.1, 0.15) is 42.5 Å². The van der Waals surface area contributed by atoms with E-state index in [4.69, 9.17) is 0 Å². The minimum absolute atomic E-state index is 0.0365. The molecule has 0 saturated heterocycles. The number of aromatic amines is 2. The van der Waals surface area contributed by atoms with Gasteiger partial charge in [0.15, 0.2) is 0 Å². The maximum atomic E-state index is 12.0. The topological polar surface area (TPSA) is 94.8 Å². The van der Waals surface area contributed by atoms with Crippen molar-refractivity contribution in [3.05, 3.63) is 32.6 Å². The Morgan fingerprint density at radius 2 is 2.10 bits per heavy atom. The average molecular weight is 277 g/mol. The van der Waals surface area contributed by atoms with Gasteiger partial charge in [0.2, 0.25) is 0 Å². The molecule has 20 heavy (non-hydrogen) atoms. The Labute approximate surface area is 116 Å². The van der Waals surface area contributed by atoms with Crippen LogP contribution >= 0.6 is 0 Å². The van der Waals surface area contributed by atoms with E-state index in [-0.39, 0.29) is 5.56 Å². The fourth-order valence-corrected chi connectivity index (χ4v) is 3.84. The van der Waals surface area contributed by atoms with Gasteiger partial charge in [-0.05, 0) is 37.0 Å². The molecule has 2 aliphatic rings. The SMILES string of the molecule is O=C(NC[C@H]1CC[C@@H]2CCC[C@@H]21)c1c[nH]c(=O)[nH]c1=O. The minimum Gasteiger partial charge on any atom is -0.352 e. The molecule has 0 unspecified atom stereocenters. The number of carbonyl (C=O) groups is 1. The van der Waals surface area contributed by atoms with Crippen LogP contribution in [-0.4, -0.2) is 22.4 Å². The third kappa shape index (κ3) is 2.42. The molecule has 3 rings (SSSR count). The highest BCUT2D eigenvalue weighted by Gasteiger charge is 2.38. The van der Waals surface area contributed by atoms with E-state index in [1.165, 1.54) is 31.9 Å². The summed E-state index contributed by atoms with van der Waals surface area (Å²) in [5, 5.41) is 2.83. The molecule has 1 aromatic rings. The molecular formula is C14H19N3O3. The van der Waals surface area contributed by atoms with Gasteiger partial charge in [-0.15, -0.1) is 0 Å². The van der Waals surface area contributed by atoms with Crippen LogP contribution in [-0.2, 0) is 0 Å². The van der Waals surface area contributed by atoms with Crippen molar-refractivity contribution in [3.8, 4) is 0 Å². The molecule has 1 amide bonds. The Balaban J connectivity index is 1.62. The zero-order valence-electron chi connectivity index (χ0n) is 11.3. The fraction of sp³-hybridized carbons (Fsp3) is 0.643. The van der Waals surface area contributed by atoms with Gasteiger partial charge in [0.05, 0.1) is 0 Å². The van der Waals surface area contributed by atoms with Crippen molar-refractivity contribution < 1.29 is 4.79 Å². The summed E-state index contributed by atoms with van der Waals surface area (Å²) in [5.74, 6) is 1.70. The number of carbonyl (C=O) groups excluding carboxylic acids is 1. The average Bonchev–Trinajstić information content (AvgIpc) is 2.99. The number of rotatable bonds is 3. The number of aromatic nitrogens is 2. The van der Waals surface area contributed by atoms with E-state index in [1.807, 2.05) is 0 Å². The molecule has 1 aromatic heterocycles. The molecule has 0 aromatic carbocycles. The molecule has 1 heterocycles. The lowest BCUT2D eigenvalue weighted by Gasteiger charge is -2.18. The molecule has 2 aliphatic carbocycles. The smallest absolute Gasteiger partial charge is 0.325 e. The Morgan fingerprint density at radius 1 is 1.25 bits per heavy atom. The Bertz CT molecular complexity index is 619. The maximum absolute atomic E-state index is 12.0. The first-order valence-corrected chi connectivity index (χ1v) is 7.25. The van der Waals surface area contributed by atoms with Crippen molar-refractivity contribution in [2.75, 3.05) is 6.54 Å². The molecule has 3 N–H and O–H groups in total. The number of hydrogen-bond acceptors (Lipinski definition) is 3. The summed E-state index contributed by atoms with van der Waals surface area (Å²) in [7, 11) is 0. The van der Waals surface area contributed by atoms with Crippen molar-refractivity contribution in [2.24, 2.45) is 17.8 Å². The summed E-state index contributed by atoms with van der Waals surface area (Å²) in [6.07, 6.45) is 7.50. The summed E-state index contributed by atoms with van der Waals surface area (Å²) >= 11 is 0. The number of hydrogen-bond donors (Lipinski definition) is 3. The van der Waals surface area contributed by atoms with E-state index in [1.54, 1.807) is 0 Å². The molecule has 0 radical (unpaired) electrons. The van der Waals surface area contributed by atoms with Gasteiger partial charge < -0.3 is 10.3 Å². The third-order valence-electron chi connectivity index (χ3n) is 4.82. The molecule has 2 saturated carbocycles. The highest BCUT2D eigenvalue weighted by Crippen LogP contribution is 2.47. The predicted molar refractivity (Wildman–Crippen MR) is 73.6 cm³/mol. The lowest BCUT2D eigenvalue weighted by molar-refractivity contribution is 0.0941. The highest BCUT2D eigenvalue weighted by molar-refractivity contribution is 5.93. The Kier molecular flexibility index (Phi) is 3.46. The fourth-order valence-electron chi connectivity index (χ4n) is 3.84. The molecule has 0 aliphatic heterocycles. The van der Waals surface area contributed by atoms with Gasteiger partial charge in [-0.1, -0.05) is 12.8 Å². The van der Waals surface area contributed by atoms with Crippen LogP contribution in [0.4, 0.5) is 0 Å². The molecular weight excluding hydrogens is 258 g/mol. The number of H-pyrrole nitrogens is 2. The molecule has 6 nitrogen and oxygen atoms in total. The Morgan fingerprint density at radius 3 is 2.90 bits per heavy atom. The van der Waals surface area contributed by atoms with Crippen LogP contribution in [0.5, 0.6) is 0 Å². The standard InChI is InChI=1S/C14H19N3O3/c18-12(11-7-16-14(20)17-13(11)19)15-6-9-5-4-8-2-1-3-10(8)9/h7-10H,1-6H2,(H,15,18)(H2,16,17,19,20)/t8-,9+,10-/m0/s1. The van der Waals surface area contributed by atoms with Crippen molar-refractivity contribution in [1.29, 1.82) is 0 Å². The van der Waals surface area contributed by atoms with Gasteiger partial charge in [-0.2, -0.15) is 0 Å². The zero-order chi connectivity index (χ0) is 14.1. The summed E-state index contributed by atoms with van der Waals surface area (Å²) < 4.78 is 0. The minimum atomic E-state index is -0.642. The molecule has 6 heteroatoms. The van der Waals surface area contributed by atoms with E-state index in [2.05, 4.69) is 15.3 Å². The highest BCUT2D eigenvalue weighted by atomic mass is 16.2. The molecule has 2 fully saturated rings. The van der Waals surface area contributed by atoms with E-state index >= 15 is 0 Å². The predicted octanol–water partition coefficient (Wildman–Crippen LogP) is 0.619. The van der Waals surface area contributed by atoms with Crippen LogP contribution < -0.4 is 16.6 Å². The first-order valence-electron chi connectivity index (χ1n) is 7.25. The van der Waals surface area contributed by atoms with Crippen molar-refractivity contribution in [3.63, 3.8) is 0 Å². The first kappa shape index (κ1) is 13.1. The second-order valence-electron chi connectivity index (χ2n) is 5.89. The molecule has 3 atom stereocenters. The summed E-state index contributed by atoms with van der Waals surface area (Å²) in [5.41, 5.74) is -1.28. The van der Waals surface area contributed by atoms with E-state index in [0.717, 1.165) is 18.3 Å². The maximum Gasteiger partial charge on any atom is 0.325 e. The monoisotopic (exact) mass is 277 g/mol. The molecule has 0 spiro atoms. The summed E-state index contributed by atoms with van der Waals surface area (Å²) in [4.78, 5) is 38.8. The lowest BCUT2D eigenvalue weighted by atomic mass is 9.92. The van der Waals surface area contributed by atoms with Crippen LogP contribution in [0, 0.1) is 17.8 Å². The van der Waals surface area contributed by atoms with Crippen LogP contribution in [0.15, 0.2) is 15.8 Å². The van der Waals surface area contributed by atoms with Gasteiger partial charge >= 0.3 is 5.69 Å². The van der Waals surface area contributed by atoms with Gasteiger partial charge in [-0.25, -0.2) is 4.79 Å². The largest absolute Gasteiger partial charge is 0.352 e. The molecule has 0 bridgehead atoms. The van der Waals surface area contributed by atoms with E-state index in [0.29, 0.717) is 12.5 Å². The normalized spacial score (nSPS) is 28.3. The second kappa shape index (κ2) is 5.26. The Hall–Kier alpha value is -1.85. The van der Waals surface area contributed by atoms with E-state index < -0.39 is 17.2 Å². The van der Waals surface area contributed by atoms with Gasteiger partial charge in [0.1, 0.15) is 5.56 Å². The first-order chi connectivity index (χ1) is 9.65. The van der Waals surface area contributed by atoms with Gasteiger partial charge in [0, 0.05) is 12.7 Å². The summed E-state index contributed by atoms with van der Waals surface area (Å²) in [6, 6.07) is 0. The van der Waals surface area contributed by atoms with Gasteiger partial charge in [0.25, 0.3) is 11.5 Å². The summed E-state index contributed by atoms with van der Waals surface area (Å²) in [6.45, 7) is 0.624. The number of fused-ring (bicyclic) bond motifs is 1. The number of amides is 1. The van der Waals surface area contributed by atoms with Crippen molar-refractivity contribution in [1.82, 2.24) is 15.3 Å².